The highest BCUT2D eigenvalue weighted by Crippen LogP contribution is 2.36. The summed E-state index contributed by atoms with van der Waals surface area (Å²) in [4.78, 5) is 12.9. The lowest BCUT2D eigenvalue weighted by atomic mass is 9.86. The minimum absolute atomic E-state index is 0.0773. The molecule has 1 unspecified atom stereocenters. The Labute approximate surface area is 193 Å². The van der Waals surface area contributed by atoms with Crippen LogP contribution < -0.4 is 10.6 Å². The van der Waals surface area contributed by atoms with Crippen molar-refractivity contribution in [1.29, 1.82) is 0 Å². The van der Waals surface area contributed by atoms with Gasteiger partial charge in [-0.25, -0.2) is 0 Å². The Bertz CT molecular complexity index is 1080. The standard InChI is InChI=1S/C20H18Cl4N4O2/c1-28-18(15(23)8-26-28)12-7-17(30-19(12)24)20(29)27-16-9-25-5-4-11(16)10-2-3-13(21)14(22)6-10/h2-3,6-8,11,16,25H,4-5,9H2,1H3,(H,27,29)/t11?,16-/m1/s1. The molecule has 3 heterocycles. The van der Waals surface area contributed by atoms with E-state index in [1.807, 2.05) is 12.1 Å². The van der Waals surface area contributed by atoms with Crippen molar-refractivity contribution in [3.8, 4) is 11.3 Å². The van der Waals surface area contributed by atoms with Crippen LogP contribution >= 0.6 is 46.4 Å². The molecule has 0 saturated carbocycles. The van der Waals surface area contributed by atoms with Crippen LogP contribution in [0.3, 0.4) is 0 Å². The summed E-state index contributed by atoms with van der Waals surface area (Å²) in [5, 5.41) is 11.9. The highest BCUT2D eigenvalue weighted by atomic mass is 35.5. The summed E-state index contributed by atoms with van der Waals surface area (Å²) in [5.74, 6) is -0.174. The molecule has 1 saturated heterocycles. The number of nitrogens with one attached hydrogen (secondary N) is 2. The number of furan rings is 1. The molecule has 1 aromatic carbocycles. The monoisotopic (exact) mass is 486 g/mol. The fourth-order valence-corrected chi connectivity index (χ4v) is 4.55. The predicted molar refractivity (Wildman–Crippen MR) is 119 cm³/mol. The maximum atomic E-state index is 12.9. The number of aryl methyl sites for hydroxylation is 1. The second-order valence-corrected chi connectivity index (χ2v) is 8.68. The van der Waals surface area contributed by atoms with E-state index in [9.17, 15) is 4.79 Å². The number of carbonyl (C=O) groups excluding carboxylic acids is 1. The molecule has 4 rings (SSSR count). The fraction of sp³-hybridized carbons (Fsp3) is 0.300. The minimum Gasteiger partial charge on any atom is -0.439 e. The van der Waals surface area contributed by atoms with Crippen molar-refractivity contribution >= 4 is 52.3 Å². The average Bonchev–Trinajstić information content (AvgIpc) is 3.26. The van der Waals surface area contributed by atoms with Crippen LogP contribution in [0.4, 0.5) is 0 Å². The zero-order valence-electron chi connectivity index (χ0n) is 15.9. The number of rotatable bonds is 4. The number of halogens is 4. The first-order valence-electron chi connectivity index (χ1n) is 9.29. The maximum absolute atomic E-state index is 12.9. The highest BCUT2D eigenvalue weighted by Gasteiger charge is 2.30. The van der Waals surface area contributed by atoms with Gasteiger partial charge in [0.15, 0.2) is 5.76 Å². The molecular weight excluding hydrogens is 470 g/mol. The molecule has 0 aliphatic carbocycles. The predicted octanol–water partition coefficient (Wildman–Crippen LogP) is 5.17. The van der Waals surface area contributed by atoms with Crippen LogP contribution in [0.5, 0.6) is 0 Å². The van der Waals surface area contributed by atoms with Crippen molar-refractivity contribution in [2.75, 3.05) is 13.1 Å². The smallest absolute Gasteiger partial charge is 0.287 e. The first kappa shape index (κ1) is 21.5. The number of hydrogen-bond donors (Lipinski definition) is 2. The summed E-state index contributed by atoms with van der Waals surface area (Å²) in [6.45, 7) is 1.46. The van der Waals surface area contributed by atoms with Gasteiger partial charge in [-0.3, -0.25) is 9.48 Å². The van der Waals surface area contributed by atoms with Crippen LogP contribution in [0.25, 0.3) is 11.3 Å². The second kappa shape index (κ2) is 8.81. The molecule has 0 radical (unpaired) electrons. The molecule has 2 aromatic heterocycles. The third-order valence-corrected chi connectivity index (χ3v) is 6.53. The summed E-state index contributed by atoms with van der Waals surface area (Å²) in [6.07, 6.45) is 2.35. The molecule has 3 aromatic rings. The van der Waals surface area contributed by atoms with Crippen LogP contribution in [0.15, 0.2) is 34.9 Å². The summed E-state index contributed by atoms with van der Waals surface area (Å²) in [7, 11) is 1.74. The van der Waals surface area contributed by atoms with Crippen molar-refractivity contribution in [3.05, 3.63) is 62.1 Å². The van der Waals surface area contributed by atoms with Crippen molar-refractivity contribution in [1.82, 2.24) is 20.4 Å². The Hall–Kier alpha value is -1.70. The number of nitrogens with zero attached hydrogens (tertiary/aromatic N) is 2. The van der Waals surface area contributed by atoms with Gasteiger partial charge < -0.3 is 15.1 Å². The molecule has 2 N–H and O–H groups in total. The Morgan fingerprint density at radius 1 is 1.20 bits per heavy atom. The summed E-state index contributed by atoms with van der Waals surface area (Å²) >= 11 is 24.7. The van der Waals surface area contributed by atoms with Crippen LogP contribution in [0.1, 0.15) is 28.5 Å². The van der Waals surface area contributed by atoms with E-state index in [2.05, 4.69) is 15.7 Å². The van der Waals surface area contributed by atoms with Gasteiger partial charge in [0.1, 0.15) is 0 Å². The largest absolute Gasteiger partial charge is 0.439 e. The summed E-state index contributed by atoms with van der Waals surface area (Å²) in [6, 6.07) is 6.98. The van der Waals surface area contributed by atoms with Crippen molar-refractivity contribution < 1.29 is 9.21 Å². The number of benzene rings is 1. The first-order valence-corrected chi connectivity index (χ1v) is 10.8. The molecule has 1 fully saturated rings. The van der Waals surface area contributed by atoms with Gasteiger partial charge in [-0.1, -0.05) is 40.9 Å². The van der Waals surface area contributed by atoms with Gasteiger partial charge in [0, 0.05) is 31.6 Å². The van der Waals surface area contributed by atoms with Crippen molar-refractivity contribution in [2.24, 2.45) is 7.05 Å². The third-order valence-electron chi connectivity index (χ3n) is 5.23. The van der Waals surface area contributed by atoms with E-state index in [0.717, 1.165) is 18.5 Å². The lowest BCUT2D eigenvalue weighted by Gasteiger charge is -2.33. The van der Waals surface area contributed by atoms with Gasteiger partial charge in [-0.2, -0.15) is 5.10 Å². The minimum atomic E-state index is -0.361. The number of piperidine rings is 1. The number of aromatic nitrogens is 2. The van der Waals surface area contributed by atoms with Crippen LogP contribution in [0, 0.1) is 0 Å². The van der Waals surface area contributed by atoms with E-state index in [1.165, 1.54) is 6.20 Å². The van der Waals surface area contributed by atoms with Crippen LogP contribution in [-0.2, 0) is 7.05 Å². The second-order valence-electron chi connectivity index (χ2n) is 7.12. The number of carbonyl (C=O) groups is 1. The van der Waals surface area contributed by atoms with E-state index in [0.29, 0.717) is 32.9 Å². The van der Waals surface area contributed by atoms with Crippen LogP contribution in [-0.4, -0.2) is 34.8 Å². The van der Waals surface area contributed by atoms with Gasteiger partial charge in [0.25, 0.3) is 5.91 Å². The molecule has 10 heteroatoms. The lowest BCUT2D eigenvalue weighted by Crippen LogP contribution is -2.50. The molecule has 158 valence electrons. The number of amides is 1. The maximum Gasteiger partial charge on any atom is 0.287 e. The topological polar surface area (TPSA) is 72.1 Å². The van der Waals surface area contributed by atoms with Crippen molar-refractivity contribution in [2.45, 2.75) is 18.4 Å². The van der Waals surface area contributed by atoms with Crippen molar-refractivity contribution in [3.63, 3.8) is 0 Å². The Balaban J connectivity index is 1.56. The first-order chi connectivity index (χ1) is 14.3. The normalized spacial score (nSPS) is 19.1. The zero-order valence-corrected chi connectivity index (χ0v) is 18.9. The Morgan fingerprint density at radius 3 is 2.70 bits per heavy atom. The molecule has 1 aliphatic heterocycles. The van der Waals surface area contributed by atoms with E-state index in [1.54, 1.807) is 23.9 Å². The van der Waals surface area contributed by atoms with E-state index < -0.39 is 0 Å². The van der Waals surface area contributed by atoms with Gasteiger partial charge in [0.2, 0.25) is 5.22 Å². The average molecular weight is 488 g/mol. The highest BCUT2D eigenvalue weighted by molar-refractivity contribution is 6.42. The fourth-order valence-electron chi connectivity index (χ4n) is 3.75. The van der Waals surface area contributed by atoms with Gasteiger partial charge in [0.05, 0.1) is 32.5 Å². The SMILES string of the molecule is Cn1ncc(Cl)c1-c1cc(C(=O)N[C@@H]2CNCCC2c2ccc(Cl)c(Cl)c2)oc1Cl. The zero-order chi connectivity index (χ0) is 21.4. The van der Waals surface area contributed by atoms with Crippen LogP contribution in [0.2, 0.25) is 20.3 Å². The molecule has 1 aliphatic rings. The summed E-state index contributed by atoms with van der Waals surface area (Å²) < 4.78 is 7.10. The van der Waals surface area contributed by atoms with Gasteiger partial charge >= 0.3 is 0 Å². The van der Waals surface area contributed by atoms with Gasteiger partial charge in [-0.05, 0) is 42.3 Å². The van der Waals surface area contributed by atoms with Gasteiger partial charge in [-0.15, -0.1) is 0 Å². The summed E-state index contributed by atoms with van der Waals surface area (Å²) in [5.41, 5.74) is 2.11. The Morgan fingerprint density at radius 2 is 2.00 bits per heavy atom. The molecule has 0 bridgehead atoms. The number of hydrogen-bond acceptors (Lipinski definition) is 4. The molecule has 6 nitrogen and oxygen atoms in total. The van der Waals surface area contributed by atoms with E-state index in [-0.39, 0.29) is 28.8 Å². The molecule has 30 heavy (non-hydrogen) atoms. The third kappa shape index (κ3) is 4.20. The van der Waals surface area contributed by atoms with E-state index >= 15 is 0 Å². The molecule has 0 spiro atoms. The molecular formula is C20H18Cl4N4O2. The lowest BCUT2D eigenvalue weighted by molar-refractivity contribution is 0.0896. The molecule has 1 amide bonds. The quantitative estimate of drug-likeness (QED) is 0.532. The molecule has 2 atom stereocenters. The van der Waals surface area contributed by atoms with E-state index in [4.69, 9.17) is 50.8 Å². The Kier molecular flexibility index (Phi) is 6.32.